The second-order valence-electron chi connectivity index (χ2n) is 13.6. The van der Waals surface area contributed by atoms with Crippen LogP contribution in [0.15, 0.2) is 71.8 Å². The summed E-state index contributed by atoms with van der Waals surface area (Å²) in [7, 11) is 3.65. The fourth-order valence-electron chi connectivity index (χ4n) is 6.93. The largest absolute Gasteiger partial charge is 0.374 e. The van der Waals surface area contributed by atoms with Gasteiger partial charge in [0.25, 0.3) is 5.91 Å². The van der Waals surface area contributed by atoms with E-state index in [0.29, 0.717) is 12.8 Å². The van der Waals surface area contributed by atoms with E-state index in [2.05, 4.69) is 69.7 Å². The molecule has 2 aromatic carbocycles. The summed E-state index contributed by atoms with van der Waals surface area (Å²) in [5.74, 6) is 5.30. The van der Waals surface area contributed by atoms with Crippen LogP contribution in [0, 0.1) is 11.8 Å². The Morgan fingerprint density at radius 3 is 2.62 bits per heavy atom. The zero-order valence-electron chi connectivity index (χ0n) is 29.6. The predicted octanol–water partition coefficient (Wildman–Crippen LogP) is 4.54. The molecule has 2 aliphatic heterocycles. The Bertz CT molecular complexity index is 2350. The summed E-state index contributed by atoms with van der Waals surface area (Å²) in [5, 5.41) is 8.29. The normalized spacial score (nSPS) is 15.6. The first-order valence-electron chi connectivity index (χ1n) is 17.5. The molecule has 0 spiro atoms. The van der Waals surface area contributed by atoms with Crippen LogP contribution >= 0.6 is 0 Å². The number of fused-ring (bicyclic) bond motifs is 2. The van der Waals surface area contributed by atoms with E-state index in [-0.39, 0.29) is 41.6 Å². The molecule has 3 amide bonds. The van der Waals surface area contributed by atoms with Crippen molar-refractivity contribution in [2.24, 2.45) is 14.1 Å². The van der Waals surface area contributed by atoms with E-state index in [1.54, 1.807) is 21.4 Å². The molecular formula is C40H40N8O4. The lowest BCUT2D eigenvalue weighted by Gasteiger charge is -2.32. The average molecular weight is 697 g/mol. The van der Waals surface area contributed by atoms with E-state index in [1.165, 1.54) is 5.56 Å². The first-order valence-corrected chi connectivity index (χ1v) is 17.5. The maximum Gasteiger partial charge on any atom is 0.328 e. The molecule has 12 heteroatoms. The van der Waals surface area contributed by atoms with Crippen LogP contribution in [0.1, 0.15) is 66.2 Å². The lowest BCUT2D eigenvalue weighted by Crippen LogP contribution is -2.47. The predicted molar refractivity (Wildman–Crippen MR) is 200 cm³/mol. The minimum Gasteiger partial charge on any atom is -0.374 e. The third kappa shape index (κ3) is 6.77. The van der Waals surface area contributed by atoms with Crippen molar-refractivity contribution in [1.29, 1.82) is 0 Å². The zero-order chi connectivity index (χ0) is 36.5. The summed E-state index contributed by atoms with van der Waals surface area (Å²) < 4.78 is 3.45. The van der Waals surface area contributed by atoms with E-state index < -0.39 is 6.04 Å². The van der Waals surface area contributed by atoms with E-state index in [4.69, 9.17) is 4.98 Å². The molecule has 5 heterocycles. The Morgan fingerprint density at radius 2 is 1.85 bits per heavy atom. The molecule has 1 saturated heterocycles. The van der Waals surface area contributed by atoms with Crippen LogP contribution in [0.4, 0.5) is 17.1 Å². The number of amides is 3. The topological polar surface area (TPSA) is 143 Å². The van der Waals surface area contributed by atoms with Crippen molar-refractivity contribution in [3.05, 3.63) is 99.9 Å². The number of imide groups is 1. The average Bonchev–Trinajstić information content (AvgIpc) is 3.37. The van der Waals surface area contributed by atoms with Crippen molar-refractivity contribution in [1.82, 2.24) is 29.7 Å². The summed E-state index contributed by atoms with van der Waals surface area (Å²) in [6.07, 6.45) is 6.19. The third-order valence-electron chi connectivity index (χ3n) is 9.70. The van der Waals surface area contributed by atoms with Gasteiger partial charge in [-0.05, 0) is 84.8 Å². The first kappa shape index (κ1) is 34.2. The Hall–Kier alpha value is -6.22. The highest BCUT2D eigenvalue weighted by molar-refractivity contribution is 6.01. The van der Waals surface area contributed by atoms with Crippen LogP contribution in [-0.4, -0.2) is 56.0 Å². The van der Waals surface area contributed by atoms with Gasteiger partial charge in [0.1, 0.15) is 11.7 Å². The van der Waals surface area contributed by atoms with Gasteiger partial charge in [-0.2, -0.15) is 0 Å². The first-order chi connectivity index (χ1) is 25.1. The van der Waals surface area contributed by atoms with Gasteiger partial charge in [0.2, 0.25) is 11.8 Å². The van der Waals surface area contributed by atoms with Gasteiger partial charge in [-0.1, -0.05) is 31.8 Å². The number of aryl methyl sites for hydroxylation is 3. The molecule has 0 radical (unpaired) electrons. The van der Waals surface area contributed by atoms with Crippen molar-refractivity contribution in [3.63, 3.8) is 0 Å². The van der Waals surface area contributed by atoms with Crippen molar-refractivity contribution in [2.75, 3.05) is 23.3 Å². The molecule has 3 N–H and O–H groups in total. The Morgan fingerprint density at radius 1 is 1.00 bits per heavy atom. The quantitative estimate of drug-likeness (QED) is 0.166. The highest BCUT2D eigenvalue weighted by Gasteiger charge is 2.26. The van der Waals surface area contributed by atoms with Gasteiger partial charge in [-0.15, -0.1) is 0 Å². The second-order valence-corrected chi connectivity index (χ2v) is 13.6. The Kier molecular flexibility index (Phi) is 9.34. The molecule has 264 valence electrons. The minimum atomic E-state index is -0.480. The number of hydrogen-bond donors (Lipinski definition) is 3. The van der Waals surface area contributed by atoms with Crippen LogP contribution < -0.4 is 26.5 Å². The summed E-state index contributed by atoms with van der Waals surface area (Å²) in [6.45, 7) is 5.28. The molecule has 1 atom stereocenters. The Balaban J connectivity index is 1.01. The second kappa shape index (κ2) is 14.2. The van der Waals surface area contributed by atoms with Crippen LogP contribution in [0.2, 0.25) is 0 Å². The lowest BCUT2D eigenvalue weighted by atomic mass is 9.97. The van der Waals surface area contributed by atoms with Crippen LogP contribution in [0.25, 0.3) is 22.3 Å². The maximum absolute atomic E-state index is 12.8. The minimum absolute atomic E-state index is 0.0359. The molecule has 3 aromatic heterocycles. The van der Waals surface area contributed by atoms with E-state index in [9.17, 15) is 19.2 Å². The van der Waals surface area contributed by atoms with E-state index in [1.807, 2.05) is 50.6 Å². The number of hydrogen-bond acceptors (Lipinski definition) is 8. The summed E-state index contributed by atoms with van der Waals surface area (Å²) in [6, 6.07) is 16.8. The van der Waals surface area contributed by atoms with Crippen molar-refractivity contribution in [2.45, 2.75) is 51.5 Å². The van der Waals surface area contributed by atoms with E-state index in [0.717, 1.165) is 69.9 Å². The molecule has 0 bridgehead atoms. The van der Waals surface area contributed by atoms with Gasteiger partial charge in [-0.3, -0.25) is 38.8 Å². The van der Waals surface area contributed by atoms with Gasteiger partial charge in [-0.25, -0.2) is 4.79 Å². The van der Waals surface area contributed by atoms with Crippen LogP contribution in [0.3, 0.4) is 0 Å². The fourth-order valence-corrected chi connectivity index (χ4v) is 6.93. The number of piperidine rings is 1. The monoisotopic (exact) mass is 696 g/mol. The molecule has 7 rings (SSSR count). The van der Waals surface area contributed by atoms with E-state index >= 15 is 0 Å². The zero-order valence-corrected chi connectivity index (χ0v) is 29.6. The number of aromatic nitrogens is 4. The molecule has 0 aliphatic carbocycles. The number of nitrogens with one attached hydrogen (secondary N) is 3. The van der Waals surface area contributed by atoms with Gasteiger partial charge in [0.15, 0.2) is 0 Å². The van der Waals surface area contributed by atoms with Crippen molar-refractivity contribution in [3.8, 4) is 23.1 Å². The molecule has 0 unspecified atom stereocenters. The molecule has 5 aromatic rings. The molecule has 0 saturated carbocycles. The number of pyridine rings is 2. The fraction of sp³-hybridized carbons (Fsp3) is 0.300. The number of carbonyl (C=O) groups is 3. The molecule has 12 nitrogen and oxygen atoms in total. The SMILES string of the molecule is CC(C)c1cc(N2CCCc3cc(-c4ccc(C(=O)NCC#Cc5cccc(N[C@@H]6CCC(=O)NC6=O)c5)nc4)ncc32)cc2c1n(C)c(=O)n2C. The summed E-state index contributed by atoms with van der Waals surface area (Å²) >= 11 is 0. The number of nitrogens with zero attached hydrogens (tertiary/aromatic N) is 5. The standard InChI is InChI=1S/C40H40N8O4/c1-24(2)30-20-29(21-34-37(30)47(4)40(52)46(34)3)48-17-7-10-26-19-33(43-23-35(26)48)27-12-13-31(42-22-27)38(50)41-16-6-9-25-8-5-11-28(18-25)44-32-14-15-36(49)45-39(32)51/h5,8,11-13,18-24,32,44H,7,10,14-17H2,1-4H3,(H,41,50)(H,45,49,51)/t32-/m1/s1. The number of rotatable bonds is 7. The molecule has 1 fully saturated rings. The van der Waals surface area contributed by atoms with Gasteiger partial charge < -0.3 is 15.5 Å². The maximum atomic E-state index is 12.8. The highest BCUT2D eigenvalue weighted by atomic mass is 16.2. The van der Waals surface area contributed by atoms with Crippen LogP contribution in [-0.2, 0) is 30.1 Å². The highest BCUT2D eigenvalue weighted by Crippen LogP contribution is 2.38. The van der Waals surface area contributed by atoms with Crippen LogP contribution in [0.5, 0.6) is 0 Å². The third-order valence-corrected chi connectivity index (χ3v) is 9.70. The number of benzene rings is 2. The molecule has 52 heavy (non-hydrogen) atoms. The summed E-state index contributed by atoms with van der Waals surface area (Å²) in [5.41, 5.74) is 9.57. The Labute approximate surface area is 301 Å². The van der Waals surface area contributed by atoms with Gasteiger partial charge in [0.05, 0.1) is 35.2 Å². The number of imidazole rings is 1. The summed E-state index contributed by atoms with van der Waals surface area (Å²) in [4.78, 5) is 60.6. The van der Waals surface area contributed by atoms with Crippen molar-refractivity contribution < 1.29 is 14.4 Å². The number of carbonyl (C=O) groups excluding carboxylic acids is 3. The smallest absolute Gasteiger partial charge is 0.328 e. The lowest BCUT2D eigenvalue weighted by molar-refractivity contribution is -0.133. The number of anilines is 3. The molecular weight excluding hydrogens is 656 g/mol. The van der Waals surface area contributed by atoms with Gasteiger partial charge >= 0.3 is 5.69 Å². The van der Waals surface area contributed by atoms with Crippen molar-refractivity contribution >= 4 is 45.8 Å². The molecule has 2 aliphatic rings. The van der Waals surface area contributed by atoms with Gasteiger partial charge in [0, 0.05) is 55.8 Å².